The Labute approximate surface area is 101 Å². The molecular weight excluding hydrogens is 192 g/mol. The van der Waals surface area contributed by atoms with Gasteiger partial charge in [-0.05, 0) is 56.8 Å². The molecule has 1 saturated carbocycles. The smallest absolute Gasteiger partial charge is 0.00170 e. The normalized spacial score (nSPS) is 48.1. The number of hydrogen-bond donors (Lipinski definition) is 0. The largest absolute Gasteiger partial charge is 0.0884 e. The SMILES string of the molecule is C/C=C(\C)[C@@H]1[C@@H]2C(C)=C(C)[C@@]1(C)[C@@H](C)[C@@H]2C. The molecule has 0 aromatic heterocycles. The summed E-state index contributed by atoms with van der Waals surface area (Å²) < 4.78 is 0. The fourth-order valence-corrected chi connectivity index (χ4v) is 4.65. The Balaban J connectivity index is 2.56. The molecule has 0 radical (unpaired) electrons. The molecule has 90 valence electrons. The van der Waals surface area contributed by atoms with Gasteiger partial charge in [0.25, 0.3) is 0 Å². The summed E-state index contributed by atoms with van der Waals surface area (Å²) in [5, 5.41) is 0. The maximum absolute atomic E-state index is 2.50. The highest BCUT2D eigenvalue weighted by molar-refractivity contribution is 5.40. The van der Waals surface area contributed by atoms with Gasteiger partial charge in [0.1, 0.15) is 0 Å². The fourth-order valence-electron chi connectivity index (χ4n) is 4.65. The second-order valence-corrected chi connectivity index (χ2v) is 6.27. The molecule has 0 amide bonds. The highest BCUT2D eigenvalue weighted by Crippen LogP contribution is 2.67. The first-order valence-electron chi connectivity index (χ1n) is 6.68. The molecule has 2 rings (SSSR count). The van der Waals surface area contributed by atoms with E-state index in [2.05, 4.69) is 54.5 Å². The van der Waals surface area contributed by atoms with Crippen molar-refractivity contribution < 1.29 is 0 Å². The number of rotatable bonds is 1. The molecule has 16 heavy (non-hydrogen) atoms. The third-order valence-electron chi connectivity index (χ3n) is 6.15. The van der Waals surface area contributed by atoms with Crippen molar-refractivity contribution in [3.05, 3.63) is 22.8 Å². The van der Waals surface area contributed by atoms with Crippen molar-refractivity contribution in [2.24, 2.45) is 29.1 Å². The molecule has 2 aliphatic rings. The zero-order valence-electron chi connectivity index (χ0n) is 11.9. The van der Waals surface area contributed by atoms with Gasteiger partial charge in [0.2, 0.25) is 0 Å². The van der Waals surface area contributed by atoms with Crippen molar-refractivity contribution in [2.45, 2.75) is 48.5 Å². The summed E-state index contributed by atoms with van der Waals surface area (Å²) in [6.07, 6.45) is 2.33. The van der Waals surface area contributed by atoms with Crippen LogP contribution in [-0.4, -0.2) is 0 Å². The Morgan fingerprint density at radius 2 is 1.81 bits per heavy atom. The summed E-state index contributed by atoms with van der Waals surface area (Å²) in [4.78, 5) is 0. The lowest BCUT2D eigenvalue weighted by Gasteiger charge is -2.37. The van der Waals surface area contributed by atoms with Gasteiger partial charge in [-0.2, -0.15) is 0 Å². The maximum atomic E-state index is 2.50. The van der Waals surface area contributed by atoms with Crippen molar-refractivity contribution in [1.29, 1.82) is 0 Å². The Kier molecular flexibility index (Phi) is 2.60. The maximum Gasteiger partial charge on any atom is -0.00170 e. The van der Waals surface area contributed by atoms with E-state index in [9.17, 15) is 0 Å². The lowest BCUT2D eigenvalue weighted by molar-refractivity contribution is 0.233. The number of fused-ring (bicyclic) bond motifs is 2. The van der Waals surface area contributed by atoms with E-state index < -0.39 is 0 Å². The number of hydrogen-bond acceptors (Lipinski definition) is 0. The first kappa shape index (κ1) is 12.0. The average Bonchev–Trinajstić information content (AvgIpc) is 2.59. The van der Waals surface area contributed by atoms with Crippen LogP contribution in [0.1, 0.15) is 48.5 Å². The second kappa shape index (κ2) is 3.48. The van der Waals surface area contributed by atoms with E-state index in [4.69, 9.17) is 0 Å². The van der Waals surface area contributed by atoms with Crippen LogP contribution in [0.25, 0.3) is 0 Å². The van der Waals surface area contributed by atoms with Gasteiger partial charge in [0.05, 0.1) is 0 Å². The van der Waals surface area contributed by atoms with Gasteiger partial charge >= 0.3 is 0 Å². The molecule has 0 heterocycles. The summed E-state index contributed by atoms with van der Waals surface area (Å²) in [5.74, 6) is 3.23. The Morgan fingerprint density at radius 3 is 2.25 bits per heavy atom. The van der Waals surface area contributed by atoms with E-state index in [1.807, 2.05) is 0 Å². The Morgan fingerprint density at radius 1 is 1.25 bits per heavy atom. The van der Waals surface area contributed by atoms with Crippen LogP contribution in [0.4, 0.5) is 0 Å². The van der Waals surface area contributed by atoms with Crippen LogP contribution >= 0.6 is 0 Å². The van der Waals surface area contributed by atoms with E-state index in [1.165, 1.54) is 0 Å². The zero-order chi connectivity index (χ0) is 12.2. The van der Waals surface area contributed by atoms with Crippen LogP contribution in [0, 0.1) is 29.1 Å². The minimum absolute atomic E-state index is 0.421. The molecule has 2 bridgehead atoms. The zero-order valence-corrected chi connectivity index (χ0v) is 11.9. The van der Waals surface area contributed by atoms with Gasteiger partial charge in [0.15, 0.2) is 0 Å². The first-order chi connectivity index (χ1) is 7.37. The lowest BCUT2D eigenvalue weighted by atomic mass is 9.68. The predicted octanol–water partition coefficient (Wildman–Crippen LogP) is 4.83. The predicted molar refractivity (Wildman–Crippen MR) is 71.2 cm³/mol. The summed E-state index contributed by atoms with van der Waals surface area (Å²) in [6, 6.07) is 0. The van der Waals surface area contributed by atoms with Gasteiger partial charge in [-0.25, -0.2) is 0 Å². The standard InChI is InChI=1S/C16H26/c1-8-9(2)15-14-10(3)12(5)16(15,7)13(6)11(14)4/h8,10,12,14-15H,1-7H3/b9-8+/t10-,12-,14-,15+,16+/m0/s1. The van der Waals surface area contributed by atoms with Crippen LogP contribution in [0.2, 0.25) is 0 Å². The second-order valence-electron chi connectivity index (χ2n) is 6.27. The molecule has 5 atom stereocenters. The van der Waals surface area contributed by atoms with E-state index in [0.717, 1.165) is 23.7 Å². The van der Waals surface area contributed by atoms with Gasteiger partial charge in [-0.3, -0.25) is 0 Å². The quantitative estimate of drug-likeness (QED) is 0.553. The van der Waals surface area contributed by atoms with E-state index >= 15 is 0 Å². The summed E-state index contributed by atoms with van der Waals surface area (Å²) >= 11 is 0. The average molecular weight is 218 g/mol. The minimum atomic E-state index is 0.421. The summed E-state index contributed by atoms with van der Waals surface area (Å²) in [6.45, 7) is 16.7. The molecule has 0 N–H and O–H groups in total. The molecule has 0 nitrogen and oxygen atoms in total. The molecule has 1 fully saturated rings. The van der Waals surface area contributed by atoms with Gasteiger partial charge in [0, 0.05) is 0 Å². The molecule has 0 aromatic rings. The van der Waals surface area contributed by atoms with Crippen molar-refractivity contribution in [1.82, 2.24) is 0 Å². The third kappa shape index (κ3) is 1.11. The molecule has 2 aliphatic carbocycles. The van der Waals surface area contributed by atoms with Crippen LogP contribution in [0.15, 0.2) is 22.8 Å². The highest BCUT2D eigenvalue weighted by Gasteiger charge is 2.60. The van der Waals surface area contributed by atoms with Crippen LogP contribution in [-0.2, 0) is 0 Å². The van der Waals surface area contributed by atoms with Crippen molar-refractivity contribution in [3.63, 3.8) is 0 Å². The van der Waals surface area contributed by atoms with Crippen LogP contribution in [0.3, 0.4) is 0 Å². The molecule has 0 unspecified atom stereocenters. The Hall–Kier alpha value is -0.520. The molecule has 0 heteroatoms. The number of allylic oxidation sites excluding steroid dienone is 4. The van der Waals surface area contributed by atoms with Crippen LogP contribution in [0.5, 0.6) is 0 Å². The van der Waals surface area contributed by atoms with Crippen molar-refractivity contribution in [3.8, 4) is 0 Å². The highest BCUT2D eigenvalue weighted by atomic mass is 14.6. The van der Waals surface area contributed by atoms with Gasteiger partial charge in [-0.1, -0.05) is 43.6 Å². The third-order valence-corrected chi connectivity index (χ3v) is 6.15. The molecule has 0 aliphatic heterocycles. The molecule has 0 saturated heterocycles. The lowest BCUT2D eigenvalue weighted by Crippen LogP contribution is -2.29. The monoisotopic (exact) mass is 218 g/mol. The van der Waals surface area contributed by atoms with E-state index in [-0.39, 0.29) is 0 Å². The van der Waals surface area contributed by atoms with Crippen LogP contribution < -0.4 is 0 Å². The van der Waals surface area contributed by atoms with Gasteiger partial charge in [-0.15, -0.1) is 0 Å². The molecule has 0 spiro atoms. The molecule has 0 aromatic carbocycles. The van der Waals surface area contributed by atoms with E-state index in [0.29, 0.717) is 5.41 Å². The van der Waals surface area contributed by atoms with Crippen molar-refractivity contribution in [2.75, 3.05) is 0 Å². The fraction of sp³-hybridized carbons (Fsp3) is 0.750. The van der Waals surface area contributed by atoms with E-state index in [1.54, 1.807) is 16.7 Å². The first-order valence-corrected chi connectivity index (χ1v) is 6.68. The Bertz CT molecular complexity index is 371. The van der Waals surface area contributed by atoms with Gasteiger partial charge < -0.3 is 0 Å². The van der Waals surface area contributed by atoms with Crippen molar-refractivity contribution >= 4 is 0 Å². The minimum Gasteiger partial charge on any atom is -0.0884 e. The molecular formula is C16H26. The summed E-state index contributed by atoms with van der Waals surface area (Å²) in [7, 11) is 0. The topological polar surface area (TPSA) is 0 Å². The summed E-state index contributed by atoms with van der Waals surface area (Å²) in [5.41, 5.74) is 5.37.